The zero-order valence-electron chi connectivity index (χ0n) is 20.0. The van der Waals surface area contributed by atoms with E-state index in [1.165, 1.54) is 11.3 Å². The normalized spacial score (nSPS) is 15.0. The van der Waals surface area contributed by atoms with Crippen LogP contribution in [0.3, 0.4) is 0 Å². The minimum atomic E-state index is -0.661. The van der Waals surface area contributed by atoms with Crippen LogP contribution in [0.4, 0.5) is 10.8 Å². The van der Waals surface area contributed by atoms with Crippen LogP contribution >= 0.6 is 22.9 Å². The second-order valence-electron chi connectivity index (χ2n) is 8.60. The van der Waals surface area contributed by atoms with Gasteiger partial charge in [-0.05, 0) is 36.7 Å². The number of aromatic nitrogens is 1. The zero-order valence-corrected chi connectivity index (χ0v) is 21.5. The molecule has 7 nitrogen and oxygen atoms in total. The number of anilines is 2. The first-order chi connectivity index (χ1) is 16.9. The van der Waals surface area contributed by atoms with Crippen molar-refractivity contribution >= 4 is 45.6 Å². The Morgan fingerprint density at radius 2 is 1.86 bits per heavy atom. The van der Waals surface area contributed by atoms with Gasteiger partial charge in [0.2, 0.25) is 5.91 Å². The summed E-state index contributed by atoms with van der Waals surface area (Å²) in [7, 11) is 0. The fraction of sp³-hybridized carbons (Fsp3) is 0.346. The maximum atomic E-state index is 13.4. The SMILES string of the molecule is CCN1CCN(C(=O)C(Cc2ccccc2)NC(=O)c2csc(Nc3cc(Cl)ccc3C)n2)CC1. The quantitative estimate of drug-likeness (QED) is 0.470. The number of hydrogen-bond acceptors (Lipinski definition) is 6. The Bertz CT molecular complexity index is 1160. The molecule has 184 valence electrons. The topological polar surface area (TPSA) is 77.6 Å². The minimum absolute atomic E-state index is 0.0545. The van der Waals surface area contributed by atoms with E-state index in [4.69, 9.17) is 11.6 Å². The smallest absolute Gasteiger partial charge is 0.271 e. The van der Waals surface area contributed by atoms with Crippen LogP contribution in [-0.4, -0.2) is 65.4 Å². The van der Waals surface area contributed by atoms with Gasteiger partial charge in [0.05, 0.1) is 0 Å². The van der Waals surface area contributed by atoms with Crippen LogP contribution in [0.25, 0.3) is 0 Å². The van der Waals surface area contributed by atoms with Crippen molar-refractivity contribution in [3.8, 4) is 0 Å². The van der Waals surface area contributed by atoms with Crippen molar-refractivity contribution in [3.63, 3.8) is 0 Å². The van der Waals surface area contributed by atoms with Crippen molar-refractivity contribution in [2.75, 3.05) is 38.0 Å². The monoisotopic (exact) mass is 511 g/mol. The molecule has 0 bridgehead atoms. The van der Waals surface area contributed by atoms with Crippen LogP contribution in [0.2, 0.25) is 5.02 Å². The molecule has 4 rings (SSSR count). The molecule has 9 heteroatoms. The van der Waals surface area contributed by atoms with Crippen molar-refractivity contribution in [2.45, 2.75) is 26.3 Å². The Balaban J connectivity index is 1.47. The third kappa shape index (κ3) is 6.60. The molecule has 0 radical (unpaired) electrons. The first-order valence-electron chi connectivity index (χ1n) is 11.8. The van der Waals surface area contributed by atoms with Gasteiger partial charge in [0.1, 0.15) is 11.7 Å². The molecule has 1 saturated heterocycles. The fourth-order valence-electron chi connectivity index (χ4n) is 4.07. The van der Waals surface area contributed by atoms with E-state index in [0.717, 1.165) is 36.4 Å². The van der Waals surface area contributed by atoms with Crippen LogP contribution in [0.1, 0.15) is 28.5 Å². The summed E-state index contributed by atoms with van der Waals surface area (Å²) in [5.41, 5.74) is 3.13. The van der Waals surface area contributed by atoms with E-state index < -0.39 is 6.04 Å². The number of thiazole rings is 1. The van der Waals surface area contributed by atoms with Gasteiger partial charge in [0, 0.05) is 48.7 Å². The van der Waals surface area contributed by atoms with E-state index in [2.05, 4.69) is 27.4 Å². The van der Waals surface area contributed by atoms with Gasteiger partial charge >= 0.3 is 0 Å². The molecule has 1 aromatic heterocycles. The number of nitrogens with one attached hydrogen (secondary N) is 2. The summed E-state index contributed by atoms with van der Waals surface area (Å²) in [5, 5.41) is 9.08. The molecule has 0 saturated carbocycles. The molecule has 0 spiro atoms. The molecule has 2 N–H and O–H groups in total. The van der Waals surface area contributed by atoms with Gasteiger partial charge in [-0.3, -0.25) is 9.59 Å². The maximum Gasteiger partial charge on any atom is 0.271 e. The Kier molecular flexibility index (Phi) is 8.38. The number of likely N-dealkylation sites (N-methyl/N-ethyl adjacent to an activating group) is 1. The lowest BCUT2D eigenvalue weighted by molar-refractivity contribution is -0.135. The summed E-state index contributed by atoms with van der Waals surface area (Å²) in [4.78, 5) is 35.2. The molecule has 1 aliphatic heterocycles. The number of nitrogens with zero attached hydrogens (tertiary/aromatic N) is 3. The van der Waals surface area contributed by atoms with E-state index in [0.29, 0.717) is 29.7 Å². The third-order valence-electron chi connectivity index (χ3n) is 6.20. The number of benzene rings is 2. The number of hydrogen-bond donors (Lipinski definition) is 2. The number of rotatable bonds is 8. The zero-order chi connectivity index (χ0) is 24.8. The highest BCUT2D eigenvalue weighted by Gasteiger charge is 2.29. The van der Waals surface area contributed by atoms with Crippen LogP contribution in [0.15, 0.2) is 53.9 Å². The van der Waals surface area contributed by atoms with Crippen LogP contribution in [0, 0.1) is 6.92 Å². The van der Waals surface area contributed by atoms with Crippen molar-refractivity contribution in [2.24, 2.45) is 0 Å². The summed E-state index contributed by atoms with van der Waals surface area (Å²) < 4.78 is 0. The first-order valence-corrected chi connectivity index (χ1v) is 13.0. The van der Waals surface area contributed by atoms with Gasteiger partial charge in [0.15, 0.2) is 5.13 Å². The summed E-state index contributed by atoms with van der Waals surface area (Å²) in [5.74, 6) is -0.417. The number of carbonyl (C=O) groups is 2. The largest absolute Gasteiger partial charge is 0.339 e. The average Bonchev–Trinajstić information content (AvgIpc) is 3.35. The lowest BCUT2D eigenvalue weighted by Crippen LogP contribution is -2.55. The standard InChI is InChI=1S/C26H30ClN5O2S/c1-3-31-11-13-32(14-12-31)25(34)22(15-19-7-5-4-6-8-19)28-24(33)23-17-35-26(30-23)29-21-16-20(27)10-9-18(21)2/h4-10,16-17,22H,3,11-15H2,1-2H3,(H,28,33)(H,29,30). The van der Waals surface area contributed by atoms with E-state index in [-0.39, 0.29) is 17.5 Å². The van der Waals surface area contributed by atoms with E-state index >= 15 is 0 Å². The number of aryl methyl sites for hydroxylation is 1. The number of piperazine rings is 1. The summed E-state index contributed by atoms with van der Waals surface area (Å²) in [6.45, 7) is 8.09. The molecule has 2 aromatic carbocycles. The Morgan fingerprint density at radius 3 is 2.57 bits per heavy atom. The Morgan fingerprint density at radius 1 is 1.11 bits per heavy atom. The minimum Gasteiger partial charge on any atom is -0.339 e. The van der Waals surface area contributed by atoms with Gasteiger partial charge in [-0.1, -0.05) is 54.9 Å². The van der Waals surface area contributed by atoms with Crippen molar-refractivity contribution in [1.82, 2.24) is 20.1 Å². The van der Waals surface area contributed by atoms with Crippen LogP contribution < -0.4 is 10.6 Å². The molecule has 1 unspecified atom stereocenters. The van der Waals surface area contributed by atoms with Gasteiger partial charge in [-0.2, -0.15) is 0 Å². The highest BCUT2D eigenvalue weighted by Crippen LogP contribution is 2.26. The van der Waals surface area contributed by atoms with Gasteiger partial charge in [-0.15, -0.1) is 11.3 Å². The average molecular weight is 512 g/mol. The van der Waals surface area contributed by atoms with Crippen LogP contribution in [-0.2, 0) is 11.2 Å². The van der Waals surface area contributed by atoms with E-state index in [1.54, 1.807) is 5.38 Å². The van der Waals surface area contributed by atoms with Crippen molar-refractivity contribution in [3.05, 3.63) is 75.8 Å². The fourth-order valence-corrected chi connectivity index (χ4v) is 4.94. The molecule has 1 fully saturated rings. The molecule has 35 heavy (non-hydrogen) atoms. The number of amides is 2. The van der Waals surface area contributed by atoms with Gasteiger partial charge in [-0.25, -0.2) is 4.98 Å². The van der Waals surface area contributed by atoms with E-state index in [1.807, 2.05) is 60.4 Å². The third-order valence-corrected chi connectivity index (χ3v) is 7.19. The second-order valence-corrected chi connectivity index (χ2v) is 9.89. The molecule has 1 aliphatic rings. The maximum absolute atomic E-state index is 13.4. The Labute approximate surface area is 215 Å². The molecule has 1 atom stereocenters. The summed E-state index contributed by atoms with van der Waals surface area (Å²) in [6, 6.07) is 14.7. The number of carbonyl (C=O) groups excluding carboxylic acids is 2. The summed E-state index contributed by atoms with van der Waals surface area (Å²) >= 11 is 7.44. The first kappa shape index (κ1) is 25.2. The highest BCUT2D eigenvalue weighted by atomic mass is 35.5. The van der Waals surface area contributed by atoms with Gasteiger partial charge in [0.25, 0.3) is 5.91 Å². The predicted molar refractivity (Wildman–Crippen MR) is 142 cm³/mol. The Hall–Kier alpha value is -2.94. The lowest BCUT2D eigenvalue weighted by atomic mass is 10.0. The second kappa shape index (κ2) is 11.7. The molecule has 2 amide bonds. The molecule has 0 aliphatic carbocycles. The van der Waals surface area contributed by atoms with Crippen LogP contribution in [0.5, 0.6) is 0 Å². The molecule has 2 heterocycles. The molecular formula is C26H30ClN5O2S. The summed E-state index contributed by atoms with van der Waals surface area (Å²) in [6.07, 6.45) is 0.427. The highest BCUT2D eigenvalue weighted by molar-refractivity contribution is 7.14. The lowest BCUT2D eigenvalue weighted by Gasteiger charge is -2.36. The number of halogens is 1. The predicted octanol–water partition coefficient (Wildman–Crippen LogP) is 4.35. The van der Waals surface area contributed by atoms with Gasteiger partial charge < -0.3 is 20.4 Å². The van der Waals surface area contributed by atoms with E-state index in [9.17, 15) is 9.59 Å². The van der Waals surface area contributed by atoms with Crippen molar-refractivity contribution in [1.29, 1.82) is 0 Å². The molecule has 3 aromatic rings. The molecular weight excluding hydrogens is 482 g/mol. The van der Waals surface area contributed by atoms with Crippen molar-refractivity contribution < 1.29 is 9.59 Å².